The van der Waals surface area contributed by atoms with Crippen LogP contribution in [0.3, 0.4) is 0 Å². The van der Waals surface area contributed by atoms with Gasteiger partial charge in [0.2, 0.25) is 0 Å². The molecule has 3 aromatic heterocycles. The van der Waals surface area contributed by atoms with Crippen molar-refractivity contribution in [2.75, 3.05) is 5.32 Å². The molecule has 4 aromatic rings. The molecule has 0 amide bonds. The van der Waals surface area contributed by atoms with Gasteiger partial charge in [-0.15, -0.1) is 0 Å². The summed E-state index contributed by atoms with van der Waals surface area (Å²) in [6, 6.07) is 15.4. The van der Waals surface area contributed by atoms with Crippen LogP contribution in [-0.4, -0.2) is 15.0 Å². The monoisotopic (exact) mass is 385 g/mol. The number of benzene rings is 1. The van der Waals surface area contributed by atoms with Crippen molar-refractivity contribution < 1.29 is 0 Å². The smallest absolute Gasteiger partial charge is 0.148 e. The summed E-state index contributed by atoms with van der Waals surface area (Å²) in [7, 11) is 0. The molecule has 4 rings (SSSR count). The number of H-pyrrole nitrogens is 1. The molecule has 5 nitrogen and oxygen atoms in total. The zero-order valence-corrected chi connectivity index (χ0v) is 15.8. The second-order valence-corrected chi connectivity index (χ2v) is 6.68. The van der Waals surface area contributed by atoms with Crippen molar-refractivity contribution in [3.8, 4) is 6.07 Å². The maximum absolute atomic E-state index is 9.56. The highest BCUT2D eigenvalue weighted by Gasteiger charge is 2.09. The number of hydrogen-bond donors (Lipinski definition) is 2. The van der Waals surface area contributed by atoms with Gasteiger partial charge in [-0.05, 0) is 60.5 Å². The van der Waals surface area contributed by atoms with E-state index in [-0.39, 0.29) is 0 Å². The molecule has 0 unspecified atom stereocenters. The first-order chi connectivity index (χ1) is 13.6. The van der Waals surface area contributed by atoms with Crippen LogP contribution < -0.4 is 5.32 Å². The maximum atomic E-state index is 9.56. The van der Waals surface area contributed by atoms with Crippen molar-refractivity contribution >= 4 is 46.2 Å². The average Bonchev–Trinajstić information content (AvgIpc) is 3.19. The van der Waals surface area contributed by atoms with Gasteiger partial charge in [0.05, 0.1) is 11.3 Å². The Kier molecular flexibility index (Phi) is 4.79. The first kappa shape index (κ1) is 17.8. The molecule has 0 spiro atoms. The molecular weight excluding hydrogens is 370 g/mol. The number of hydrogen-bond acceptors (Lipinski definition) is 4. The molecule has 1 aromatic carbocycles. The maximum Gasteiger partial charge on any atom is 0.148 e. The number of fused-ring (bicyclic) bond motifs is 1. The van der Waals surface area contributed by atoms with Crippen LogP contribution in [0.15, 0.2) is 54.9 Å². The molecule has 0 saturated carbocycles. The van der Waals surface area contributed by atoms with Gasteiger partial charge in [-0.3, -0.25) is 0 Å². The minimum atomic E-state index is 0.437. The molecule has 0 atom stereocenters. The fourth-order valence-corrected chi connectivity index (χ4v) is 3.17. The van der Waals surface area contributed by atoms with Crippen molar-refractivity contribution in [1.29, 1.82) is 5.26 Å². The quantitative estimate of drug-likeness (QED) is 0.441. The Bertz CT molecular complexity index is 1230. The van der Waals surface area contributed by atoms with Crippen molar-refractivity contribution in [3.63, 3.8) is 0 Å². The van der Waals surface area contributed by atoms with Crippen molar-refractivity contribution in [2.45, 2.75) is 6.92 Å². The minimum Gasteiger partial charge on any atom is -0.361 e. The van der Waals surface area contributed by atoms with Crippen LogP contribution in [0.4, 0.5) is 11.5 Å². The largest absolute Gasteiger partial charge is 0.361 e. The predicted octanol–water partition coefficient (Wildman–Crippen LogP) is 5.71. The number of aromatic nitrogens is 3. The van der Waals surface area contributed by atoms with E-state index in [0.29, 0.717) is 16.5 Å². The van der Waals surface area contributed by atoms with Crippen LogP contribution in [0.2, 0.25) is 5.15 Å². The third-order valence-corrected chi connectivity index (χ3v) is 4.68. The van der Waals surface area contributed by atoms with E-state index in [1.807, 2.05) is 55.6 Å². The van der Waals surface area contributed by atoms with Crippen molar-refractivity contribution in [3.05, 3.63) is 82.4 Å². The number of nitrogens with one attached hydrogen (secondary N) is 2. The first-order valence-electron chi connectivity index (χ1n) is 8.68. The topological polar surface area (TPSA) is 77.4 Å². The Morgan fingerprint density at radius 3 is 2.89 bits per heavy atom. The van der Waals surface area contributed by atoms with E-state index in [4.69, 9.17) is 11.6 Å². The molecule has 0 bridgehead atoms. The van der Waals surface area contributed by atoms with Crippen LogP contribution in [0, 0.1) is 18.3 Å². The normalized spacial score (nSPS) is 11.0. The van der Waals surface area contributed by atoms with Gasteiger partial charge in [0, 0.05) is 29.0 Å². The zero-order valence-electron chi connectivity index (χ0n) is 15.1. The van der Waals surface area contributed by atoms with Crippen molar-refractivity contribution in [2.24, 2.45) is 0 Å². The second kappa shape index (κ2) is 7.55. The Labute approximate surface area is 167 Å². The molecular formula is C22H16ClN5. The van der Waals surface area contributed by atoms with E-state index in [1.165, 1.54) is 0 Å². The van der Waals surface area contributed by atoms with Crippen LogP contribution >= 0.6 is 11.6 Å². The second-order valence-electron chi connectivity index (χ2n) is 6.30. The molecule has 3 heterocycles. The number of aromatic amines is 1. The summed E-state index contributed by atoms with van der Waals surface area (Å²) in [4.78, 5) is 11.9. The van der Waals surface area contributed by atoms with E-state index in [9.17, 15) is 5.26 Å². The van der Waals surface area contributed by atoms with Crippen LogP contribution in [-0.2, 0) is 0 Å². The molecule has 0 radical (unpaired) electrons. The number of halogens is 1. The Balaban J connectivity index is 1.62. The molecule has 0 saturated heterocycles. The highest BCUT2D eigenvalue weighted by atomic mass is 35.5. The molecule has 136 valence electrons. The van der Waals surface area contributed by atoms with E-state index < -0.39 is 0 Å². The van der Waals surface area contributed by atoms with E-state index in [0.717, 1.165) is 33.4 Å². The lowest BCUT2D eigenvalue weighted by atomic mass is 10.1. The highest BCUT2D eigenvalue weighted by molar-refractivity contribution is 6.29. The number of nitriles is 1. The first-order valence-corrected chi connectivity index (χ1v) is 9.06. The number of nitrogens with zero attached hydrogens (tertiary/aromatic N) is 3. The van der Waals surface area contributed by atoms with Crippen molar-refractivity contribution in [1.82, 2.24) is 15.0 Å². The highest BCUT2D eigenvalue weighted by Crippen LogP contribution is 2.28. The molecule has 0 aliphatic heterocycles. The molecule has 0 aliphatic rings. The van der Waals surface area contributed by atoms with E-state index in [2.05, 4.69) is 26.3 Å². The van der Waals surface area contributed by atoms with Gasteiger partial charge >= 0.3 is 0 Å². The summed E-state index contributed by atoms with van der Waals surface area (Å²) >= 11 is 5.90. The molecule has 0 fully saturated rings. The van der Waals surface area contributed by atoms with Gasteiger partial charge in [0.1, 0.15) is 17.0 Å². The summed E-state index contributed by atoms with van der Waals surface area (Å²) in [6.07, 6.45) is 7.32. The van der Waals surface area contributed by atoms with Gasteiger partial charge in [0.25, 0.3) is 0 Å². The SMILES string of the molecule is Cc1c(Nc2ncc(/C=C/c3cccc(Cl)n3)cc2C#N)ccc2[nH]ccc12. The fraction of sp³-hybridized carbons (Fsp3) is 0.0455. The fourth-order valence-electron chi connectivity index (χ4n) is 3.00. The summed E-state index contributed by atoms with van der Waals surface area (Å²) in [5, 5.41) is 14.4. The van der Waals surface area contributed by atoms with Gasteiger partial charge in [-0.1, -0.05) is 23.7 Å². The minimum absolute atomic E-state index is 0.437. The average molecular weight is 386 g/mol. The zero-order chi connectivity index (χ0) is 19.5. The standard InChI is InChI=1S/C22H16ClN5/c1-14-18-9-10-25-20(18)8-7-19(14)28-22-16(12-24)11-15(13-26-22)5-6-17-3-2-4-21(23)27-17/h2-11,13,25H,1H3,(H,26,28)/b6-5+. The number of rotatable bonds is 4. The molecule has 28 heavy (non-hydrogen) atoms. The summed E-state index contributed by atoms with van der Waals surface area (Å²) in [5.41, 5.74) is 5.11. The van der Waals surface area contributed by atoms with Gasteiger partial charge in [0.15, 0.2) is 0 Å². The summed E-state index contributed by atoms with van der Waals surface area (Å²) in [6.45, 7) is 2.04. The van der Waals surface area contributed by atoms with Gasteiger partial charge in [-0.2, -0.15) is 5.26 Å². The summed E-state index contributed by atoms with van der Waals surface area (Å²) in [5.74, 6) is 0.526. The predicted molar refractivity (Wildman–Crippen MR) is 113 cm³/mol. The van der Waals surface area contributed by atoms with E-state index in [1.54, 1.807) is 18.3 Å². The lowest BCUT2D eigenvalue weighted by Crippen LogP contribution is -1.99. The number of pyridine rings is 2. The number of aryl methyl sites for hydroxylation is 1. The lowest BCUT2D eigenvalue weighted by molar-refractivity contribution is 1.27. The third-order valence-electron chi connectivity index (χ3n) is 4.47. The molecule has 0 aliphatic carbocycles. The van der Waals surface area contributed by atoms with Gasteiger partial charge < -0.3 is 10.3 Å². The Hall–Kier alpha value is -3.62. The summed E-state index contributed by atoms with van der Waals surface area (Å²) < 4.78 is 0. The third kappa shape index (κ3) is 3.59. The lowest BCUT2D eigenvalue weighted by Gasteiger charge is -2.11. The molecule has 6 heteroatoms. The molecule has 2 N–H and O–H groups in total. The van der Waals surface area contributed by atoms with Gasteiger partial charge in [-0.25, -0.2) is 9.97 Å². The van der Waals surface area contributed by atoms with E-state index >= 15 is 0 Å². The van der Waals surface area contributed by atoms with Crippen LogP contribution in [0.25, 0.3) is 23.1 Å². The Morgan fingerprint density at radius 2 is 2.07 bits per heavy atom. The van der Waals surface area contributed by atoms with Crippen LogP contribution in [0.1, 0.15) is 22.4 Å². The number of anilines is 2. The Morgan fingerprint density at radius 1 is 1.18 bits per heavy atom. The van der Waals surface area contributed by atoms with Crippen LogP contribution in [0.5, 0.6) is 0 Å².